The van der Waals surface area contributed by atoms with Gasteiger partial charge in [-0.05, 0) is 6.07 Å². The Morgan fingerprint density at radius 2 is 2.40 bits per heavy atom. The van der Waals surface area contributed by atoms with Gasteiger partial charge in [0.05, 0.1) is 5.69 Å². The lowest BCUT2D eigenvalue weighted by Crippen LogP contribution is -2.20. The summed E-state index contributed by atoms with van der Waals surface area (Å²) in [5.41, 5.74) is 0.889. The molecule has 0 atom stereocenters. The largest absolute Gasteiger partial charge is 0.367 e. The van der Waals surface area contributed by atoms with Crippen LogP contribution < -0.4 is 0 Å². The van der Waals surface area contributed by atoms with E-state index in [1.165, 1.54) is 0 Å². The van der Waals surface area contributed by atoms with Gasteiger partial charge in [0.1, 0.15) is 4.99 Å². The van der Waals surface area contributed by atoms with Crippen molar-refractivity contribution in [3.05, 3.63) is 18.0 Å². The molecule has 54 valence electrons. The second kappa shape index (κ2) is 2.79. The molecule has 3 nitrogen and oxygen atoms in total. The monoisotopic (exact) mass is 155 g/mol. The first-order valence-corrected chi connectivity index (χ1v) is 3.33. The minimum atomic E-state index is 0.775. The van der Waals surface area contributed by atoms with Gasteiger partial charge in [-0.25, -0.2) is 0 Å². The van der Waals surface area contributed by atoms with Crippen molar-refractivity contribution in [1.82, 2.24) is 15.1 Å². The summed E-state index contributed by atoms with van der Waals surface area (Å²) in [7, 11) is 3.81. The third-order valence-electron chi connectivity index (χ3n) is 1.14. The number of thiocarbonyl (C=S) groups is 1. The summed E-state index contributed by atoms with van der Waals surface area (Å²) in [5, 5.41) is 6.57. The Balaban J connectivity index is 2.78. The zero-order valence-corrected chi connectivity index (χ0v) is 6.77. The molecule has 0 unspecified atom stereocenters. The third kappa shape index (κ3) is 1.33. The maximum atomic E-state index is 5.05. The van der Waals surface area contributed by atoms with Gasteiger partial charge in [-0.3, -0.25) is 5.10 Å². The van der Waals surface area contributed by atoms with E-state index in [4.69, 9.17) is 12.2 Å². The minimum absolute atomic E-state index is 0.775. The molecule has 0 aliphatic rings. The third-order valence-corrected chi connectivity index (χ3v) is 1.72. The van der Waals surface area contributed by atoms with Gasteiger partial charge in [-0.15, -0.1) is 0 Å². The second-order valence-electron chi connectivity index (χ2n) is 2.17. The Morgan fingerprint density at radius 3 is 2.80 bits per heavy atom. The maximum absolute atomic E-state index is 5.05. The Hall–Kier alpha value is -0.900. The lowest BCUT2D eigenvalue weighted by molar-refractivity contribution is 0.634. The van der Waals surface area contributed by atoms with Crippen LogP contribution in [0.3, 0.4) is 0 Å². The number of aromatic amines is 1. The van der Waals surface area contributed by atoms with Crippen molar-refractivity contribution in [2.24, 2.45) is 0 Å². The average molecular weight is 155 g/mol. The van der Waals surface area contributed by atoms with Crippen LogP contribution in [0.5, 0.6) is 0 Å². The summed E-state index contributed by atoms with van der Waals surface area (Å²) < 4.78 is 0. The van der Waals surface area contributed by atoms with Crippen LogP contribution >= 0.6 is 12.2 Å². The smallest absolute Gasteiger partial charge is 0.126 e. The molecule has 0 spiro atoms. The van der Waals surface area contributed by atoms with E-state index in [0.717, 1.165) is 10.7 Å². The summed E-state index contributed by atoms with van der Waals surface area (Å²) in [6, 6.07) is 1.85. The zero-order valence-electron chi connectivity index (χ0n) is 5.96. The Morgan fingerprint density at radius 1 is 1.70 bits per heavy atom. The highest BCUT2D eigenvalue weighted by Gasteiger charge is 2.02. The van der Waals surface area contributed by atoms with Crippen LogP contribution in [-0.4, -0.2) is 34.2 Å². The molecule has 0 saturated carbocycles. The van der Waals surface area contributed by atoms with Crippen LogP contribution in [0.25, 0.3) is 0 Å². The summed E-state index contributed by atoms with van der Waals surface area (Å²) in [6.45, 7) is 0. The highest BCUT2D eigenvalue weighted by molar-refractivity contribution is 7.80. The summed E-state index contributed by atoms with van der Waals surface area (Å²) in [5.74, 6) is 0. The van der Waals surface area contributed by atoms with Crippen LogP contribution in [0, 0.1) is 0 Å². The predicted octanol–water partition coefficient (Wildman–Crippen LogP) is 0.647. The fourth-order valence-electron chi connectivity index (χ4n) is 0.616. The molecule has 0 radical (unpaired) electrons. The van der Waals surface area contributed by atoms with Crippen LogP contribution in [0.4, 0.5) is 0 Å². The van der Waals surface area contributed by atoms with Gasteiger partial charge in [0, 0.05) is 20.3 Å². The maximum Gasteiger partial charge on any atom is 0.126 e. The van der Waals surface area contributed by atoms with E-state index >= 15 is 0 Å². The molecule has 0 saturated heterocycles. The van der Waals surface area contributed by atoms with E-state index in [9.17, 15) is 0 Å². The number of nitrogens with one attached hydrogen (secondary N) is 1. The topological polar surface area (TPSA) is 31.9 Å². The van der Waals surface area contributed by atoms with Gasteiger partial charge in [-0.2, -0.15) is 5.10 Å². The second-order valence-corrected chi connectivity index (χ2v) is 2.56. The molecule has 4 heteroatoms. The normalized spacial score (nSPS) is 9.40. The molecule has 0 aliphatic heterocycles. The molecule has 1 aromatic heterocycles. The molecule has 0 amide bonds. The van der Waals surface area contributed by atoms with E-state index < -0.39 is 0 Å². The molecular weight excluding hydrogens is 146 g/mol. The highest BCUT2D eigenvalue weighted by atomic mass is 32.1. The van der Waals surface area contributed by atoms with E-state index in [2.05, 4.69) is 10.2 Å². The quantitative estimate of drug-likeness (QED) is 0.604. The first-order chi connectivity index (χ1) is 4.72. The van der Waals surface area contributed by atoms with Crippen molar-refractivity contribution < 1.29 is 0 Å². The summed E-state index contributed by atoms with van der Waals surface area (Å²) >= 11 is 5.05. The number of hydrogen-bond acceptors (Lipinski definition) is 2. The molecule has 1 heterocycles. The number of H-pyrrole nitrogens is 1. The van der Waals surface area contributed by atoms with E-state index in [1.807, 2.05) is 25.1 Å². The highest BCUT2D eigenvalue weighted by Crippen LogP contribution is 1.96. The molecule has 1 rings (SSSR count). The molecule has 0 bridgehead atoms. The molecule has 10 heavy (non-hydrogen) atoms. The van der Waals surface area contributed by atoms with Crippen molar-refractivity contribution in [3.8, 4) is 0 Å². The van der Waals surface area contributed by atoms with E-state index in [1.54, 1.807) is 6.20 Å². The van der Waals surface area contributed by atoms with Gasteiger partial charge in [0.25, 0.3) is 0 Å². The van der Waals surface area contributed by atoms with Gasteiger partial charge >= 0.3 is 0 Å². The van der Waals surface area contributed by atoms with Crippen LogP contribution in [0.1, 0.15) is 5.69 Å². The predicted molar refractivity (Wildman–Crippen MR) is 44.0 cm³/mol. The van der Waals surface area contributed by atoms with Crippen LogP contribution in [-0.2, 0) is 0 Å². The molecular formula is C6H9N3S. The lowest BCUT2D eigenvalue weighted by atomic mass is 10.4. The molecule has 1 N–H and O–H groups in total. The Kier molecular flexibility index (Phi) is 2.01. The minimum Gasteiger partial charge on any atom is -0.367 e. The molecule has 0 aromatic carbocycles. The van der Waals surface area contributed by atoms with Crippen molar-refractivity contribution in [2.75, 3.05) is 14.1 Å². The molecule has 1 aromatic rings. The Labute approximate surface area is 65.0 Å². The van der Waals surface area contributed by atoms with Crippen LogP contribution in [0.2, 0.25) is 0 Å². The van der Waals surface area contributed by atoms with Crippen molar-refractivity contribution >= 4 is 17.2 Å². The fraction of sp³-hybridized carbons (Fsp3) is 0.333. The first kappa shape index (κ1) is 7.21. The fourth-order valence-corrected chi connectivity index (χ4v) is 0.730. The van der Waals surface area contributed by atoms with Crippen molar-refractivity contribution in [2.45, 2.75) is 0 Å². The van der Waals surface area contributed by atoms with Gasteiger partial charge < -0.3 is 4.90 Å². The van der Waals surface area contributed by atoms with Gasteiger partial charge in [-0.1, -0.05) is 12.2 Å². The van der Waals surface area contributed by atoms with E-state index in [0.29, 0.717) is 0 Å². The lowest BCUT2D eigenvalue weighted by Gasteiger charge is -2.10. The van der Waals surface area contributed by atoms with Gasteiger partial charge in [0.2, 0.25) is 0 Å². The standard InChI is InChI=1S/C6H9N3S/c1-9(2)6(10)5-3-4-7-8-5/h3-4H,1-2H3,(H,7,8). The van der Waals surface area contributed by atoms with E-state index in [-0.39, 0.29) is 0 Å². The molecule has 0 aliphatic carbocycles. The number of aromatic nitrogens is 2. The first-order valence-electron chi connectivity index (χ1n) is 2.93. The number of nitrogens with zero attached hydrogens (tertiary/aromatic N) is 2. The zero-order chi connectivity index (χ0) is 7.56. The summed E-state index contributed by atoms with van der Waals surface area (Å²) in [6.07, 6.45) is 1.69. The van der Waals surface area contributed by atoms with Crippen molar-refractivity contribution in [3.63, 3.8) is 0 Å². The number of rotatable bonds is 1. The van der Waals surface area contributed by atoms with Crippen molar-refractivity contribution in [1.29, 1.82) is 0 Å². The van der Waals surface area contributed by atoms with Crippen LogP contribution in [0.15, 0.2) is 12.3 Å². The average Bonchev–Trinajstić information content (AvgIpc) is 2.36. The summed E-state index contributed by atoms with van der Waals surface area (Å²) in [4.78, 5) is 2.64. The van der Waals surface area contributed by atoms with Gasteiger partial charge in [0.15, 0.2) is 0 Å². The Bertz CT molecular complexity index is 215. The number of hydrogen-bond donors (Lipinski definition) is 1. The SMILES string of the molecule is CN(C)C(=S)c1ccn[nH]1. The molecule has 0 fully saturated rings.